The van der Waals surface area contributed by atoms with Gasteiger partial charge in [0.2, 0.25) is 0 Å². The fourth-order valence-corrected chi connectivity index (χ4v) is 1.19. The first kappa shape index (κ1) is 12.3. The molecule has 1 aromatic rings. The lowest BCUT2D eigenvalue weighted by molar-refractivity contribution is 0.230. The Kier molecular flexibility index (Phi) is 4.13. The highest BCUT2D eigenvalue weighted by Crippen LogP contribution is 2.25. The fraction of sp³-hybridized carbons (Fsp3) is 0.364. The van der Waals surface area contributed by atoms with Crippen molar-refractivity contribution < 1.29 is 9.53 Å². The van der Waals surface area contributed by atoms with Crippen molar-refractivity contribution in [2.75, 3.05) is 26.5 Å². The van der Waals surface area contributed by atoms with Crippen LogP contribution in [0.25, 0.3) is 0 Å². The maximum Gasteiger partial charge on any atom is 0.321 e. The summed E-state index contributed by atoms with van der Waals surface area (Å²) in [5, 5.41) is 2.73. The quantitative estimate of drug-likeness (QED) is 0.810. The topological polar surface area (TPSA) is 67.6 Å². The molecule has 0 aliphatic rings. The summed E-state index contributed by atoms with van der Waals surface area (Å²) in [6.07, 6.45) is 0. The summed E-state index contributed by atoms with van der Waals surface area (Å²) in [7, 11) is 4.91. The van der Waals surface area contributed by atoms with Gasteiger partial charge in [0, 0.05) is 20.6 Å². The number of nitrogens with two attached hydrogens (primary N) is 1. The molecule has 0 aliphatic heterocycles. The molecule has 1 aromatic carbocycles. The lowest BCUT2D eigenvalue weighted by Crippen LogP contribution is -2.27. The largest absolute Gasteiger partial charge is 0.495 e. The number of amides is 2. The minimum atomic E-state index is -0.196. The summed E-state index contributed by atoms with van der Waals surface area (Å²) in [5.41, 5.74) is 7.12. The number of methoxy groups -OCH3 is 1. The molecule has 0 fully saturated rings. The molecular formula is C11H17N3O2. The van der Waals surface area contributed by atoms with Crippen LogP contribution in [0, 0.1) is 0 Å². The van der Waals surface area contributed by atoms with Gasteiger partial charge in [0.05, 0.1) is 12.8 Å². The van der Waals surface area contributed by atoms with Crippen LogP contribution in [0.3, 0.4) is 0 Å². The van der Waals surface area contributed by atoms with Gasteiger partial charge in [0.25, 0.3) is 0 Å². The molecule has 88 valence electrons. The molecule has 5 nitrogen and oxygen atoms in total. The maximum atomic E-state index is 11.5. The second kappa shape index (κ2) is 5.37. The van der Waals surface area contributed by atoms with E-state index in [0.29, 0.717) is 18.0 Å². The van der Waals surface area contributed by atoms with Gasteiger partial charge in [0.15, 0.2) is 0 Å². The van der Waals surface area contributed by atoms with Gasteiger partial charge in [0.1, 0.15) is 5.75 Å². The van der Waals surface area contributed by atoms with Gasteiger partial charge in [-0.25, -0.2) is 4.79 Å². The molecule has 1 rings (SSSR count). The third-order valence-electron chi connectivity index (χ3n) is 2.15. The summed E-state index contributed by atoms with van der Waals surface area (Å²) >= 11 is 0. The summed E-state index contributed by atoms with van der Waals surface area (Å²) in [4.78, 5) is 12.9. The van der Waals surface area contributed by atoms with Gasteiger partial charge in [-0.3, -0.25) is 0 Å². The molecule has 0 saturated heterocycles. The van der Waals surface area contributed by atoms with Crippen molar-refractivity contribution in [2.45, 2.75) is 6.54 Å². The first-order valence-electron chi connectivity index (χ1n) is 4.93. The second-order valence-electron chi connectivity index (χ2n) is 3.56. The van der Waals surface area contributed by atoms with Crippen molar-refractivity contribution >= 4 is 11.7 Å². The first-order chi connectivity index (χ1) is 7.58. The Morgan fingerprint density at radius 1 is 1.50 bits per heavy atom. The Hall–Kier alpha value is -1.75. The van der Waals surface area contributed by atoms with E-state index in [4.69, 9.17) is 10.5 Å². The molecule has 0 aromatic heterocycles. The molecule has 3 N–H and O–H groups in total. The van der Waals surface area contributed by atoms with Gasteiger partial charge in [-0.2, -0.15) is 0 Å². The number of anilines is 1. The van der Waals surface area contributed by atoms with Crippen LogP contribution in [0.15, 0.2) is 18.2 Å². The Labute approximate surface area is 95.2 Å². The summed E-state index contributed by atoms with van der Waals surface area (Å²) < 4.78 is 5.18. The number of carbonyl (C=O) groups excluding carboxylic acids is 1. The Morgan fingerprint density at radius 2 is 2.19 bits per heavy atom. The standard InChI is InChI=1S/C11H17N3O2/c1-14(2)11(15)13-9-5-4-8(7-12)6-10(9)16-3/h4-6H,7,12H2,1-3H3,(H,13,15). The van der Waals surface area contributed by atoms with Crippen molar-refractivity contribution in [1.82, 2.24) is 4.90 Å². The third-order valence-corrected chi connectivity index (χ3v) is 2.15. The van der Waals surface area contributed by atoms with Crippen LogP contribution in [0.2, 0.25) is 0 Å². The Balaban J connectivity index is 2.91. The molecule has 0 atom stereocenters. The molecule has 0 unspecified atom stereocenters. The zero-order valence-electron chi connectivity index (χ0n) is 9.78. The highest BCUT2D eigenvalue weighted by molar-refractivity contribution is 5.90. The van der Waals surface area contributed by atoms with Crippen molar-refractivity contribution in [3.05, 3.63) is 23.8 Å². The predicted octanol–water partition coefficient (Wildman–Crippen LogP) is 1.25. The monoisotopic (exact) mass is 223 g/mol. The van der Waals surface area contributed by atoms with Crippen LogP contribution < -0.4 is 15.8 Å². The Bertz CT molecular complexity index is 377. The molecule has 2 amide bonds. The van der Waals surface area contributed by atoms with E-state index < -0.39 is 0 Å². The number of urea groups is 1. The molecule has 0 aliphatic carbocycles. The molecule has 5 heteroatoms. The van der Waals surface area contributed by atoms with Crippen LogP contribution in [0.1, 0.15) is 5.56 Å². The minimum Gasteiger partial charge on any atom is -0.495 e. The van der Waals surface area contributed by atoms with Crippen molar-refractivity contribution in [2.24, 2.45) is 5.73 Å². The van der Waals surface area contributed by atoms with Crippen molar-refractivity contribution in [1.29, 1.82) is 0 Å². The van der Waals surface area contributed by atoms with Crippen LogP contribution in [-0.2, 0) is 6.54 Å². The van der Waals surface area contributed by atoms with E-state index >= 15 is 0 Å². The Morgan fingerprint density at radius 3 is 2.69 bits per heavy atom. The molecule has 0 saturated carbocycles. The molecular weight excluding hydrogens is 206 g/mol. The van der Waals surface area contributed by atoms with E-state index in [0.717, 1.165) is 5.56 Å². The smallest absolute Gasteiger partial charge is 0.321 e. The van der Waals surface area contributed by atoms with E-state index in [9.17, 15) is 4.79 Å². The number of hydrogen-bond donors (Lipinski definition) is 2. The number of nitrogens with one attached hydrogen (secondary N) is 1. The van der Waals surface area contributed by atoms with Crippen LogP contribution in [0.4, 0.5) is 10.5 Å². The average molecular weight is 223 g/mol. The van der Waals surface area contributed by atoms with E-state index in [1.54, 1.807) is 27.3 Å². The minimum absolute atomic E-state index is 0.196. The number of carbonyl (C=O) groups is 1. The molecule has 0 heterocycles. The zero-order chi connectivity index (χ0) is 12.1. The lowest BCUT2D eigenvalue weighted by Gasteiger charge is -2.15. The summed E-state index contributed by atoms with van der Waals surface area (Å²) in [6, 6.07) is 5.25. The molecule has 0 spiro atoms. The van der Waals surface area contributed by atoms with Crippen LogP contribution in [0.5, 0.6) is 5.75 Å². The molecule has 0 radical (unpaired) electrons. The zero-order valence-corrected chi connectivity index (χ0v) is 9.78. The molecule has 16 heavy (non-hydrogen) atoms. The van der Waals surface area contributed by atoms with E-state index in [2.05, 4.69) is 5.32 Å². The third kappa shape index (κ3) is 2.87. The van der Waals surface area contributed by atoms with E-state index in [1.807, 2.05) is 12.1 Å². The maximum absolute atomic E-state index is 11.5. The van der Waals surface area contributed by atoms with Gasteiger partial charge in [-0.1, -0.05) is 6.07 Å². The number of ether oxygens (including phenoxy) is 1. The van der Waals surface area contributed by atoms with Crippen LogP contribution >= 0.6 is 0 Å². The summed E-state index contributed by atoms with van der Waals surface area (Å²) in [6.45, 7) is 0.443. The number of rotatable bonds is 3. The SMILES string of the molecule is COc1cc(CN)ccc1NC(=O)N(C)C. The van der Waals surface area contributed by atoms with Gasteiger partial charge in [-0.15, -0.1) is 0 Å². The number of hydrogen-bond acceptors (Lipinski definition) is 3. The van der Waals surface area contributed by atoms with Gasteiger partial charge in [-0.05, 0) is 17.7 Å². The number of nitrogens with zero attached hydrogens (tertiary/aromatic N) is 1. The van der Waals surface area contributed by atoms with Gasteiger partial charge < -0.3 is 20.7 Å². The highest BCUT2D eigenvalue weighted by atomic mass is 16.5. The molecule has 0 bridgehead atoms. The second-order valence-corrected chi connectivity index (χ2v) is 3.56. The lowest BCUT2D eigenvalue weighted by atomic mass is 10.2. The van der Waals surface area contributed by atoms with E-state index in [1.165, 1.54) is 4.90 Å². The normalized spacial score (nSPS) is 9.75. The van der Waals surface area contributed by atoms with Crippen LogP contribution in [-0.4, -0.2) is 32.1 Å². The van der Waals surface area contributed by atoms with Crippen molar-refractivity contribution in [3.63, 3.8) is 0 Å². The first-order valence-corrected chi connectivity index (χ1v) is 4.93. The fourth-order valence-electron chi connectivity index (χ4n) is 1.19. The van der Waals surface area contributed by atoms with Gasteiger partial charge >= 0.3 is 6.03 Å². The summed E-state index contributed by atoms with van der Waals surface area (Å²) in [5.74, 6) is 0.609. The predicted molar refractivity (Wildman–Crippen MR) is 63.6 cm³/mol. The highest BCUT2D eigenvalue weighted by Gasteiger charge is 2.08. The number of benzene rings is 1. The average Bonchev–Trinajstić information content (AvgIpc) is 2.29. The van der Waals surface area contributed by atoms with Crippen molar-refractivity contribution in [3.8, 4) is 5.75 Å². The van der Waals surface area contributed by atoms with E-state index in [-0.39, 0.29) is 6.03 Å².